The van der Waals surface area contributed by atoms with Crippen molar-refractivity contribution in [3.63, 3.8) is 0 Å². The first-order chi connectivity index (χ1) is 19.9. The minimum absolute atomic E-state index is 0.102. The molecular weight excluding hydrogens is 521 g/mol. The molecule has 0 saturated heterocycles. The summed E-state index contributed by atoms with van der Waals surface area (Å²) in [5.74, 6) is 0.834. The fourth-order valence-corrected chi connectivity index (χ4v) is 4.63. The highest BCUT2D eigenvalue weighted by molar-refractivity contribution is 5.88. The molecule has 0 amide bonds. The molecule has 0 unspecified atom stereocenters. The lowest BCUT2D eigenvalue weighted by Gasteiger charge is -2.13. The number of aryl methyl sites for hydroxylation is 1. The number of hydrogen-bond donors (Lipinski definition) is 1. The van der Waals surface area contributed by atoms with E-state index >= 15 is 0 Å². The van der Waals surface area contributed by atoms with Gasteiger partial charge in [-0.2, -0.15) is 0 Å². The largest absolute Gasteiger partial charge is 0.493 e. The highest BCUT2D eigenvalue weighted by atomic mass is 19.1. The SMILES string of the molecule is Cc1ccc(COc2ccccc2OCCCOc2ccc3c(c2)c(CC(=O)O)cn3Cc2ccc(F)cc2)cc1. The van der Waals surface area contributed by atoms with Gasteiger partial charge in [-0.1, -0.05) is 54.1 Å². The van der Waals surface area contributed by atoms with Crippen LogP contribution in [0.5, 0.6) is 17.2 Å². The molecule has 0 aliphatic heterocycles. The molecule has 0 bridgehead atoms. The van der Waals surface area contributed by atoms with Crippen molar-refractivity contribution >= 4 is 16.9 Å². The summed E-state index contributed by atoms with van der Waals surface area (Å²) < 4.78 is 33.3. The van der Waals surface area contributed by atoms with Gasteiger partial charge in [-0.25, -0.2) is 4.39 Å². The Morgan fingerprint density at radius 3 is 2.24 bits per heavy atom. The van der Waals surface area contributed by atoms with E-state index in [1.165, 1.54) is 17.7 Å². The van der Waals surface area contributed by atoms with E-state index in [2.05, 4.69) is 31.2 Å². The number of carbonyl (C=O) groups is 1. The van der Waals surface area contributed by atoms with Gasteiger partial charge >= 0.3 is 5.97 Å². The average Bonchev–Trinajstić information content (AvgIpc) is 3.29. The van der Waals surface area contributed by atoms with Crippen LogP contribution in [0.2, 0.25) is 0 Å². The molecule has 210 valence electrons. The monoisotopic (exact) mass is 553 g/mol. The van der Waals surface area contributed by atoms with E-state index in [-0.39, 0.29) is 12.2 Å². The maximum absolute atomic E-state index is 13.3. The summed E-state index contributed by atoms with van der Waals surface area (Å²) in [6.45, 7) is 3.90. The number of halogens is 1. The number of fused-ring (bicyclic) bond motifs is 1. The molecular formula is C34H32FNO5. The third-order valence-electron chi connectivity index (χ3n) is 6.72. The molecule has 5 rings (SSSR count). The zero-order valence-electron chi connectivity index (χ0n) is 22.9. The Kier molecular flexibility index (Phi) is 8.84. The van der Waals surface area contributed by atoms with Crippen LogP contribution in [0.4, 0.5) is 4.39 Å². The number of carboxylic acids is 1. The van der Waals surface area contributed by atoms with Gasteiger partial charge in [0, 0.05) is 30.1 Å². The molecule has 0 saturated carbocycles. The van der Waals surface area contributed by atoms with E-state index in [1.54, 1.807) is 12.1 Å². The molecule has 5 aromatic rings. The lowest BCUT2D eigenvalue weighted by atomic mass is 10.1. The van der Waals surface area contributed by atoms with Crippen molar-refractivity contribution in [2.75, 3.05) is 13.2 Å². The van der Waals surface area contributed by atoms with E-state index in [1.807, 2.05) is 53.2 Å². The summed E-state index contributed by atoms with van der Waals surface area (Å²) in [4.78, 5) is 11.5. The standard InChI is InChI=1S/C34H32FNO5/c1-24-7-9-26(10-8-24)23-41-33-6-3-2-5-32(33)40-18-4-17-39-29-15-16-31-30(20-29)27(19-34(37)38)22-36(31)21-25-11-13-28(35)14-12-25/h2-3,5-16,20,22H,4,17-19,21,23H2,1H3,(H,37,38). The molecule has 1 N–H and O–H groups in total. The number of aromatic nitrogens is 1. The number of rotatable bonds is 13. The van der Waals surface area contributed by atoms with E-state index in [4.69, 9.17) is 14.2 Å². The second-order valence-electron chi connectivity index (χ2n) is 9.93. The Balaban J connectivity index is 1.18. The van der Waals surface area contributed by atoms with Crippen LogP contribution in [0.25, 0.3) is 10.9 Å². The summed E-state index contributed by atoms with van der Waals surface area (Å²) in [5.41, 5.74) is 4.82. The number of benzene rings is 4. The van der Waals surface area contributed by atoms with Crippen molar-refractivity contribution in [2.45, 2.75) is 32.9 Å². The van der Waals surface area contributed by atoms with Crippen molar-refractivity contribution in [1.82, 2.24) is 4.57 Å². The lowest BCUT2D eigenvalue weighted by molar-refractivity contribution is -0.136. The molecule has 1 heterocycles. The number of carboxylic acid groups (broad SMARTS) is 1. The molecule has 6 nitrogen and oxygen atoms in total. The van der Waals surface area contributed by atoms with Crippen molar-refractivity contribution < 1.29 is 28.5 Å². The summed E-state index contributed by atoms with van der Waals surface area (Å²) in [5, 5.41) is 10.3. The maximum Gasteiger partial charge on any atom is 0.307 e. The quantitative estimate of drug-likeness (QED) is 0.156. The lowest BCUT2D eigenvalue weighted by Crippen LogP contribution is -2.06. The van der Waals surface area contributed by atoms with Gasteiger partial charge in [-0.15, -0.1) is 0 Å². The molecule has 0 aliphatic rings. The van der Waals surface area contributed by atoms with Crippen LogP contribution in [0, 0.1) is 12.7 Å². The number of nitrogens with zero attached hydrogens (tertiary/aromatic N) is 1. The number of hydrogen-bond acceptors (Lipinski definition) is 4. The normalized spacial score (nSPS) is 11.0. The van der Waals surface area contributed by atoms with Crippen LogP contribution >= 0.6 is 0 Å². The first-order valence-corrected chi connectivity index (χ1v) is 13.6. The fourth-order valence-electron chi connectivity index (χ4n) is 4.63. The van der Waals surface area contributed by atoms with Gasteiger partial charge in [-0.3, -0.25) is 4.79 Å². The van der Waals surface area contributed by atoms with Crippen molar-refractivity contribution in [1.29, 1.82) is 0 Å². The van der Waals surface area contributed by atoms with Crippen molar-refractivity contribution in [3.8, 4) is 17.2 Å². The van der Waals surface area contributed by atoms with E-state index < -0.39 is 5.97 Å². The Hall–Kier alpha value is -4.78. The van der Waals surface area contributed by atoms with Gasteiger partial charge < -0.3 is 23.9 Å². The number of ether oxygens (including phenoxy) is 3. The van der Waals surface area contributed by atoms with Gasteiger partial charge in [0.05, 0.1) is 19.6 Å². The highest BCUT2D eigenvalue weighted by Gasteiger charge is 2.13. The highest BCUT2D eigenvalue weighted by Crippen LogP contribution is 2.29. The maximum atomic E-state index is 13.3. The van der Waals surface area contributed by atoms with Crippen LogP contribution in [-0.2, 0) is 24.4 Å². The first kappa shape index (κ1) is 27.8. The first-order valence-electron chi connectivity index (χ1n) is 13.6. The molecule has 0 aliphatic carbocycles. The summed E-state index contributed by atoms with van der Waals surface area (Å²) >= 11 is 0. The average molecular weight is 554 g/mol. The van der Waals surface area contributed by atoms with Gasteiger partial charge in [0.1, 0.15) is 18.2 Å². The summed E-state index contributed by atoms with van der Waals surface area (Å²) in [6, 6.07) is 27.8. The fraction of sp³-hybridized carbons (Fsp3) is 0.206. The zero-order chi connectivity index (χ0) is 28.6. The summed E-state index contributed by atoms with van der Waals surface area (Å²) in [6.07, 6.45) is 2.39. The smallest absolute Gasteiger partial charge is 0.307 e. The van der Waals surface area contributed by atoms with Crippen molar-refractivity contribution in [3.05, 3.63) is 125 Å². The third kappa shape index (κ3) is 7.45. The van der Waals surface area contributed by atoms with Crippen LogP contribution in [0.3, 0.4) is 0 Å². The number of para-hydroxylation sites is 2. The van der Waals surface area contributed by atoms with E-state index in [9.17, 15) is 14.3 Å². The molecule has 41 heavy (non-hydrogen) atoms. The van der Waals surface area contributed by atoms with Crippen LogP contribution in [-0.4, -0.2) is 28.9 Å². The minimum atomic E-state index is -0.905. The Bertz CT molecular complexity index is 1610. The molecule has 4 aromatic carbocycles. The Labute approximate surface area is 238 Å². The molecule has 0 radical (unpaired) electrons. The molecule has 7 heteroatoms. The van der Waals surface area contributed by atoms with Crippen LogP contribution in [0.1, 0.15) is 28.7 Å². The van der Waals surface area contributed by atoms with Gasteiger partial charge in [-0.05, 0) is 66.1 Å². The zero-order valence-corrected chi connectivity index (χ0v) is 22.9. The Morgan fingerprint density at radius 2 is 1.51 bits per heavy atom. The van der Waals surface area contributed by atoms with E-state index in [0.29, 0.717) is 55.6 Å². The molecule has 0 atom stereocenters. The van der Waals surface area contributed by atoms with Gasteiger partial charge in [0.15, 0.2) is 11.5 Å². The topological polar surface area (TPSA) is 69.9 Å². The predicted octanol–water partition coefficient (Wildman–Crippen LogP) is 7.19. The molecule has 0 spiro atoms. The second kappa shape index (κ2) is 13.0. The van der Waals surface area contributed by atoms with Crippen LogP contribution in [0.15, 0.2) is 97.2 Å². The van der Waals surface area contributed by atoms with E-state index in [0.717, 1.165) is 22.0 Å². The molecule has 0 fully saturated rings. The van der Waals surface area contributed by atoms with Crippen LogP contribution < -0.4 is 14.2 Å². The van der Waals surface area contributed by atoms with Crippen molar-refractivity contribution in [2.24, 2.45) is 0 Å². The second-order valence-corrected chi connectivity index (χ2v) is 9.93. The Morgan fingerprint density at radius 1 is 0.829 bits per heavy atom. The summed E-state index contributed by atoms with van der Waals surface area (Å²) in [7, 11) is 0. The molecule has 1 aromatic heterocycles. The minimum Gasteiger partial charge on any atom is -0.493 e. The predicted molar refractivity (Wildman–Crippen MR) is 156 cm³/mol. The van der Waals surface area contributed by atoms with Gasteiger partial charge in [0.2, 0.25) is 0 Å². The number of aliphatic carboxylic acids is 1. The third-order valence-corrected chi connectivity index (χ3v) is 6.72. The van der Waals surface area contributed by atoms with Gasteiger partial charge in [0.25, 0.3) is 0 Å².